The summed E-state index contributed by atoms with van der Waals surface area (Å²) < 4.78 is 3.99. The molecule has 0 radical (unpaired) electrons. The summed E-state index contributed by atoms with van der Waals surface area (Å²) in [4.78, 5) is 4.57. The van der Waals surface area contributed by atoms with Gasteiger partial charge in [-0.25, -0.2) is 4.98 Å². The maximum absolute atomic E-state index is 5.62. The second-order valence-electron chi connectivity index (χ2n) is 5.10. The number of rotatable bonds is 3. The largest absolute Gasteiger partial charge is 0.331 e. The lowest BCUT2D eigenvalue weighted by molar-refractivity contribution is 0.708. The smallest absolute Gasteiger partial charge is 0.106 e. The summed E-state index contributed by atoms with van der Waals surface area (Å²) in [5, 5.41) is 4.56. The van der Waals surface area contributed by atoms with Crippen LogP contribution >= 0.6 is 0 Å². The molecule has 0 fully saturated rings. The van der Waals surface area contributed by atoms with Crippen LogP contribution in [0.2, 0.25) is 0 Å². The molecule has 3 rings (SSSR count). The van der Waals surface area contributed by atoms with Crippen molar-refractivity contribution in [1.82, 2.24) is 19.3 Å². The zero-order valence-corrected chi connectivity index (χ0v) is 12.1. The van der Waals surface area contributed by atoms with E-state index in [0.717, 1.165) is 40.2 Å². The molecule has 3 aromatic rings. The first-order valence-corrected chi connectivity index (χ1v) is 6.76. The van der Waals surface area contributed by atoms with Crippen molar-refractivity contribution in [2.75, 3.05) is 6.54 Å². The van der Waals surface area contributed by atoms with Crippen LogP contribution in [0.25, 0.3) is 22.3 Å². The third kappa shape index (κ3) is 2.00. The average Bonchev–Trinajstić information content (AvgIpc) is 2.92. The van der Waals surface area contributed by atoms with Gasteiger partial charge in [0.2, 0.25) is 0 Å². The van der Waals surface area contributed by atoms with E-state index < -0.39 is 0 Å². The molecule has 0 aliphatic rings. The molecule has 2 aromatic heterocycles. The van der Waals surface area contributed by atoms with Crippen molar-refractivity contribution in [2.24, 2.45) is 19.8 Å². The second kappa shape index (κ2) is 4.76. The summed E-state index contributed by atoms with van der Waals surface area (Å²) in [6.07, 6.45) is 0.842. The SMILES string of the molecule is Cc1nc2cc(-c3cc(CCN)n(C)n3)ccc2n1C. The number of benzene rings is 1. The molecule has 5 nitrogen and oxygen atoms in total. The van der Waals surface area contributed by atoms with Crippen molar-refractivity contribution in [1.29, 1.82) is 0 Å². The Kier molecular flexibility index (Phi) is 3.06. The van der Waals surface area contributed by atoms with Crippen LogP contribution in [0.5, 0.6) is 0 Å². The zero-order chi connectivity index (χ0) is 14.3. The van der Waals surface area contributed by atoms with Crippen LogP contribution in [0.1, 0.15) is 11.5 Å². The fourth-order valence-electron chi connectivity index (χ4n) is 2.51. The summed E-state index contributed by atoms with van der Waals surface area (Å²) in [5.41, 5.74) is 11.0. The van der Waals surface area contributed by atoms with Crippen molar-refractivity contribution >= 4 is 11.0 Å². The van der Waals surface area contributed by atoms with E-state index >= 15 is 0 Å². The number of hydrogen-bond acceptors (Lipinski definition) is 3. The number of imidazole rings is 1. The Morgan fingerprint density at radius 1 is 1.20 bits per heavy atom. The molecule has 0 atom stereocenters. The topological polar surface area (TPSA) is 61.7 Å². The van der Waals surface area contributed by atoms with Crippen molar-refractivity contribution in [3.8, 4) is 11.3 Å². The van der Waals surface area contributed by atoms with Gasteiger partial charge >= 0.3 is 0 Å². The molecule has 0 bridgehead atoms. The normalized spacial score (nSPS) is 11.4. The number of aryl methyl sites for hydroxylation is 3. The van der Waals surface area contributed by atoms with Gasteiger partial charge in [0.25, 0.3) is 0 Å². The molecule has 2 heterocycles. The number of aromatic nitrogens is 4. The first-order chi connectivity index (χ1) is 9.60. The van der Waals surface area contributed by atoms with E-state index in [1.165, 1.54) is 0 Å². The molecule has 0 spiro atoms. The Bertz CT molecular complexity index is 766. The molecule has 104 valence electrons. The lowest BCUT2D eigenvalue weighted by Crippen LogP contribution is -2.06. The first kappa shape index (κ1) is 12.9. The Hall–Kier alpha value is -2.14. The van der Waals surface area contributed by atoms with E-state index in [4.69, 9.17) is 5.73 Å². The van der Waals surface area contributed by atoms with E-state index in [1.807, 2.05) is 25.7 Å². The maximum atomic E-state index is 5.62. The van der Waals surface area contributed by atoms with Gasteiger partial charge in [0.05, 0.1) is 16.7 Å². The monoisotopic (exact) mass is 269 g/mol. The third-order valence-electron chi connectivity index (χ3n) is 3.78. The van der Waals surface area contributed by atoms with Crippen LogP contribution in [-0.2, 0) is 20.5 Å². The Morgan fingerprint density at radius 3 is 2.75 bits per heavy atom. The number of nitrogens with zero attached hydrogens (tertiary/aromatic N) is 4. The minimum absolute atomic E-state index is 0.636. The average molecular weight is 269 g/mol. The zero-order valence-electron chi connectivity index (χ0n) is 12.1. The summed E-state index contributed by atoms with van der Waals surface area (Å²) in [6, 6.07) is 8.39. The number of hydrogen-bond donors (Lipinski definition) is 1. The molecule has 0 unspecified atom stereocenters. The van der Waals surface area contributed by atoms with Crippen LogP contribution in [0.4, 0.5) is 0 Å². The van der Waals surface area contributed by atoms with Gasteiger partial charge in [0.15, 0.2) is 0 Å². The summed E-state index contributed by atoms with van der Waals surface area (Å²) >= 11 is 0. The van der Waals surface area contributed by atoms with E-state index in [2.05, 4.69) is 38.9 Å². The molecule has 0 saturated carbocycles. The van der Waals surface area contributed by atoms with Crippen LogP contribution in [0.15, 0.2) is 24.3 Å². The van der Waals surface area contributed by atoms with E-state index in [-0.39, 0.29) is 0 Å². The summed E-state index contributed by atoms with van der Waals surface area (Å²) in [7, 11) is 3.99. The van der Waals surface area contributed by atoms with Gasteiger partial charge < -0.3 is 10.3 Å². The lowest BCUT2D eigenvalue weighted by Gasteiger charge is -1.98. The highest BCUT2D eigenvalue weighted by Gasteiger charge is 2.10. The molecule has 0 amide bonds. The quantitative estimate of drug-likeness (QED) is 0.788. The minimum Gasteiger partial charge on any atom is -0.331 e. The molecule has 1 aromatic carbocycles. The molecular weight excluding hydrogens is 250 g/mol. The van der Waals surface area contributed by atoms with E-state index in [0.29, 0.717) is 6.54 Å². The van der Waals surface area contributed by atoms with Crippen LogP contribution in [0, 0.1) is 6.92 Å². The third-order valence-corrected chi connectivity index (χ3v) is 3.78. The van der Waals surface area contributed by atoms with Gasteiger partial charge in [0.1, 0.15) is 5.82 Å². The van der Waals surface area contributed by atoms with Gasteiger partial charge in [-0.2, -0.15) is 5.10 Å². The molecule has 2 N–H and O–H groups in total. The van der Waals surface area contributed by atoms with Gasteiger partial charge in [0, 0.05) is 31.8 Å². The Labute approximate surface area is 118 Å². The highest BCUT2D eigenvalue weighted by atomic mass is 15.3. The standard InChI is InChI=1S/C15H19N5/c1-10-17-14-8-11(4-5-15(14)19(10)2)13-9-12(6-7-16)20(3)18-13/h4-5,8-9H,6-7,16H2,1-3H3. The van der Waals surface area contributed by atoms with Crippen LogP contribution < -0.4 is 5.73 Å². The second-order valence-corrected chi connectivity index (χ2v) is 5.10. The predicted molar refractivity (Wildman–Crippen MR) is 80.4 cm³/mol. The molecule has 20 heavy (non-hydrogen) atoms. The van der Waals surface area contributed by atoms with Crippen LogP contribution in [-0.4, -0.2) is 25.9 Å². The fraction of sp³-hybridized carbons (Fsp3) is 0.333. The highest BCUT2D eigenvalue weighted by Crippen LogP contribution is 2.24. The molecular formula is C15H19N5. The predicted octanol–water partition coefficient (Wildman–Crippen LogP) is 1.78. The Balaban J connectivity index is 2.07. The van der Waals surface area contributed by atoms with E-state index in [9.17, 15) is 0 Å². The molecule has 0 aliphatic carbocycles. The maximum Gasteiger partial charge on any atom is 0.106 e. The van der Waals surface area contributed by atoms with E-state index in [1.54, 1.807) is 0 Å². The van der Waals surface area contributed by atoms with Crippen molar-refractivity contribution in [3.05, 3.63) is 35.8 Å². The van der Waals surface area contributed by atoms with Crippen molar-refractivity contribution < 1.29 is 0 Å². The number of fused-ring (bicyclic) bond motifs is 1. The minimum atomic E-state index is 0.636. The van der Waals surface area contributed by atoms with Gasteiger partial charge in [-0.05, 0) is 31.7 Å². The van der Waals surface area contributed by atoms with Gasteiger partial charge in [-0.3, -0.25) is 4.68 Å². The molecule has 0 aliphatic heterocycles. The number of nitrogens with two attached hydrogens (primary N) is 1. The van der Waals surface area contributed by atoms with Crippen molar-refractivity contribution in [2.45, 2.75) is 13.3 Å². The first-order valence-electron chi connectivity index (χ1n) is 6.76. The van der Waals surface area contributed by atoms with Crippen LogP contribution in [0.3, 0.4) is 0 Å². The molecule has 5 heteroatoms. The highest BCUT2D eigenvalue weighted by molar-refractivity contribution is 5.81. The van der Waals surface area contributed by atoms with Crippen molar-refractivity contribution in [3.63, 3.8) is 0 Å². The van der Waals surface area contributed by atoms with Gasteiger partial charge in [-0.1, -0.05) is 6.07 Å². The lowest BCUT2D eigenvalue weighted by atomic mass is 10.1. The summed E-state index contributed by atoms with van der Waals surface area (Å²) in [5.74, 6) is 1.02. The Morgan fingerprint density at radius 2 is 2.00 bits per heavy atom. The molecule has 0 saturated heterocycles. The van der Waals surface area contributed by atoms with Gasteiger partial charge in [-0.15, -0.1) is 0 Å². The fourth-order valence-corrected chi connectivity index (χ4v) is 2.51. The summed E-state index contributed by atoms with van der Waals surface area (Å²) in [6.45, 7) is 2.65.